The lowest BCUT2D eigenvalue weighted by Crippen LogP contribution is -2.26. The molecule has 0 fully saturated rings. The van der Waals surface area contributed by atoms with Gasteiger partial charge in [0.15, 0.2) is 0 Å². The standard InChI is InChI=1S/C20H20BrNO4/c1-12-10-15-18(16(21)11-12)22(20(24)26-19(15)23)8-5-9-25-17-7-4-6-13(2)14(17)3/h4,6-7,10-11H,5,8-9H2,1-3H3. The van der Waals surface area contributed by atoms with Crippen LogP contribution in [0, 0.1) is 20.8 Å². The predicted molar refractivity (Wildman–Crippen MR) is 105 cm³/mol. The van der Waals surface area contributed by atoms with E-state index in [9.17, 15) is 9.59 Å². The van der Waals surface area contributed by atoms with Crippen molar-refractivity contribution in [1.82, 2.24) is 4.57 Å². The molecule has 1 heterocycles. The highest BCUT2D eigenvalue weighted by molar-refractivity contribution is 9.10. The molecule has 136 valence electrons. The van der Waals surface area contributed by atoms with Gasteiger partial charge >= 0.3 is 11.4 Å². The predicted octanol–water partition coefficient (Wildman–Crippen LogP) is 4.11. The molecular formula is C20H20BrNO4. The van der Waals surface area contributed by atoms with Crippen molar-refractivity contribution in [3.05, 3.63) is 72.5 Å². The van der Waals surface area contributed by atoms with E-state index in [1.54, 1.807) is 6.07 Å². The van der Waals surface area contributed by atoms with E-state index in [1.807, 2.05) is 45.0 Å². The summed E-state index contributed by atoms with van der Waals surface area (Å²) in [6.45, 7) is 6.80. The van der Waals surface area contributed by atoms with E-state index < -0.39 is 11.4 Å². The molecule has 6 heteroatoms. The fraction of sp³-hybridized carbons (Fsp3) is 0.300. The van der Waals surface area contributed by atoms with Crippen molar-refractivity contribution in [1.29, 1.82) is 0 Å². The van der Waals surface area contributed by atoms with Crippen molar-refractivity contribution in [3.8, 4) is 5.75 Å². The number of aryl methyl sites for hydroxylation is 3. The molecule has 0 N–H and O–H groups in total. The maximum Gasteiger partial charge on any atom is 0.422 e. The van der Waals surface area contributed by atoms with Gasteiger partial charge < -0.3 is 9.15 Å². The summed E-state index contributed by atoms with van der Waals surface area (Å²) in [5.41, 5.74) is 3.15. The van der Waals surface area contributed by atoms with Crippen molar-refractivity contribution in [2.75, 3.05) is 6.61 Å². The van der Waals surface area contributed by atoms with Crippen LogP contribution in [0.4, 0.5) is 0 Å². The average molecular weight is 418 g/mol. The maximum atomic E-state index is 12.2. The third-order valence-electron chi connectivity index (χ3n) is 4.44. The lowest BCUT2D eigenvalue weighted by molar-refractivity contribution is 0.294. The van der Waals surface area contributed by atoms with Crippen molar-refractivity contribution >= 4 is 26.8 Å². The molecule has 0 aliphatic heterocycles. The Balaban J connectivity index is 1.82. The minimum Gasteiger partial charge on any atom is -0.493 e. The van der Waals surface area contributed by atoms with Gasteiger partial charge in [0.1, 0.15) is 5.75 Å². The highest BCUT2D eigenvalue weighted by Gasteiger charge is 2.13. The lowest BCUT2D eigenvalue weighted by atomic mass is 10.1. The number of aromatic nitrogens is 1. The molecule has 0 atom stereocenters. The van der Waals surface area contributed by atoms with Crippen molar-refractivity contribution in [2.24, 2.45) is 0 Å². The Morgan fingerprint density at radius 3 is 2.69 bits per heavy atom. The fourth-order valence-electron chi connectivity index (χ4n) is 2.93. The number of ether oxygens (including phenoxy) is 1. The molecule has 0 radical (unpaired) electrons. The van der Waals surface area contributed by atoms with Gasteiger partial charge in [0.05, 0.1) is 17.5 Å². The Morgan fingerprint density at radius 1 is 1.15 bits per heavy atom. The molecule has 0 aliphatic carbocycles. The van der Waals surface area contributed by atoms with Crippen molar-refractivity contribution in [3.63, 3.8) is 0 Å². The first-order chi connectivity index (χ1) is 12.4. The Morgan fingerprint density at radius 2 is 1.92 bits per heavy atom. The van der Waals surface area contributed by atoms with Gasteiger partial charge in [0, 0.05) is 11.0 Å². The Bertz CT molecular complexity index is 1080. The van der Waals surface area contributed by atoms with E-state index in [0.717, 1.165) is 16.9 Å². The van der Waals surface area contributed by atoms with E-state index in [0.29, 0.717) is 34.9 Å². The summed E-state index contributed by atoms with van der Waals surface area (Å²) in [5, 5.41) is 0.395. The number of benzene rings is 2. The molecule has 0 aliphatic rings. The second-order valence-electron chi connectivity index (χ2n) is 6.35. The molecule has 0 saturated carbocycles. The first-order valence-corrected chi connectivity index (χ1v) is 9.20. The molecule has 3 rings (SSSR count). The molecule has 0 saturated heterocycles. The second-order valence-corrected chi connectivity index (χ2v) is 7.20. The van der Waals surface area contributed by atoms with E-state index in [4.69, 9.17) is 9.15 Å². The van der Waals surface area contributed by atoms with E-state index >= 15 is 0 Å². The number of hydrogen-bond donors (Lipinski definition) is 0. The van der Waals surface area contributed by atoms with Crippen LogP contribution >= 0.6 is 15.9 Å². The zero-order chi connectivity index (χ0) is 18.8. The van der Waals surface area contributed by atoms with Crippen molar-refractivity contribution in [2.45, 2.75) is 33.7 Å². The van der Waals surface area contributed by atoms with Gasteiger partial charge in [0.25, 0.3) is 0 Å². The van der Waals surface area contributed by atoms with Crippen LogP contribution in [-0.4, -0.2) is 11.2 Å². The Labute approximate surface area is 159 Å². The molecular weight excluding hydrogens is 398 g/mol. The normalized spacial score (nSPS) is 11.1. The molecule has 1 aromatic heterocycles. The first kappa shape index (κ1) is 18.5. The third-order valence-corrected chi connectivity index (χ3v) is 5.04. The number of fused-ring (bicyclic) bond motifs is 1. The first-order valence-electron chi connectivity index (χ1n) is 8.41. The molecule has 0 bridgehead atoms. The molecule has 5 nitrogen and oxygen atoms in total. The summed E-state index contributed by atoms with van der Waals surface area (Å²) in [7, 11) is 0. The zero-order valence-electron chi connectivity index (χ0n) is 15.0. The molecule has 0 amide bonds. The van der Waals surface area contributed by atoms with Crippen LogP contribution in [0.15, 0.2) is 48.8 Å². The third kappa shape index (κ3) is 3.60. The van der Waals surface area contributed by atoms with Gasteiger partial charge in [0.2, 0.25) is 0 Å². The van der Waals surface area contributed by atoms with Crippen LogP contribution in [0.1, 0.15) is 23.1 Å². The van der Waals surface area contributed by atoms with E-state index in [2.05, 4.69) is 15.9 Å². The minimum atomic E-state index is -0.654. The summed E-state index contributed by atoms with van der Waals surface area (Å²) in [6, 6.07) is 9.55. The average Bonchev–Trinajstić information content (AvgIpc) is 2.58. The summed E-state index contributed by atoms with van der Waals surface area (Å²) in [6.07, 6.45) is 0.608. The SMILES string of the molecule is Cc1cc(Br)c2c(c1)c(=O)oc(=O)n2CCCOc1cccc(C)c1C. The fourth-order valence-corrected chi connectivity index (χ4v) is 3.72. The molecule has 0 unspecified atom stereocenters. The van der Waals surface area contributed by atoms with Gasteiger partial charge in [-0.15, -0.1) is 0 Å². The summed E-state index contributed by atoms with van der Waals surface area (Å²) in [4.78, 5) is 24.2. The number of halogens is 1. The topological polar surface area (TPSA) is 61.4 Å². The van der Waals surface area contributed by atoms with Crippen LogP contribution < -0.4 is 16.1 Å². The Hall–Kier alpha value is -2.34. The smallest absolute Gasteiger partial charge is 0.422 e. The van der Waals surface area contributed by atoms with Gasteiger partial charge in [-0.3, -0.25) is 4.57 Å². The van der Waals surface area contributed by atoms with Crippen LogP contribution in [0.2, 0.25) is 0 Å². The van der Waals surface area contributed by atoms with Crippen molar-refractivity contribution < 1.29 is 9.15 Å². The van der Waals surface area contributed by atoms with Crippen LogP contribution in [-0.2, 0) is 6.54 Å². The lowest BCUT2D eigenvalue weighted by Gasteiger charge is -2.13. The van der Waals surface area contributed by atoms with Crippen LogP contribution in [0.3, 0.4) is 0 Å². The van der Waals surface area contributed by atoms with Crippen LogP contribution in [0.25, 0.3) is 10.9 Å². The minimum absolute atomic E-state index is 0.394. The molecule has 2 aromatic carbocycles. The quantitative estimate of drug-likeness (QED) is 0.585. The maximum absolute atomic E-state index is 12.2. The Kier molecular flexibility index (Phi) is 5.32. The summed E-state index contributed by atoms with van der Waals surface area (Å²) >= 11 is 3.46. The second kappa shape index (κ2) is 7.50. The number of rotatable bonds is 5. The van der Waals surface area contributed by atoms with Gasteiger partial charge in [-0.1, -0.05) is 12.1 Å². The number of nitrogens with zero attached hydrogens (tertiary/aromatic N) is 1. The largest absolute Gasteiger partial charge is 0.493 e. The van der Waals surface area contributed by atoms with E-state index in [-0.39, 0.29) is 0 Å². The van der Waals surface area contributed by atoms with E-state index in [1.165, 1.54) is 10.1 Å². The van der Waals surface area contributed by atoms with Crippen LogP contribution in [0.5, 0.6) is 5.75 Å². The molecule has 26 heavy (non-hydrogen) atoms. The summed E-state index contributed by atoms with van der Waals surface area (Å²) in [5.74, 6) is 0.192. The molecule has 3 aromatic rings. The summed E-state index contributed by atoms with van der Waals surface area (Å²) < 4.78 is 12.9. The zero-order valence-corrected chi connectivity index (χ0v) is 16.6. The van der Waals surface area contributed by atoms with Gasteiger partial charge in [-0.25, -0.2) is 9.59 Å². The molecule has 0 spiro atoms. The van der Waals surface area contributed by atoms with Gasteiger partial charge in [-0.2, -0.15) is 0 Å². The highest BCUT2D eigenvalue weighted by Crippen LogP contribution is 2.23. The van der Waals surface area contributed by atoms with Gasteiger partial charge in [-0.05, 0) is 78.0 Å². The monoisotopic (exact) mass is 417 g/mol. The number of hydrogen-bond acceptors (Lipinski definition) is 4. The highest BCUT2D eigenvalue weighted by atomic mass is 79.9.